The average molecular weight is 524 g/mol. The molecule has 1 aromatic heterocycles. The van der Waals surface area contributed by atoms with Crippen LogP contribution in [0.3, 0.4) is 0 Å². The lowest BCUT2D eigenvalue weighted by Crippen LogP contribution is -2.32. The highest BCUT2D eigenvalue weighted by Crippen LogP contribution is 2.37. The molecular formula is C30H41N3O3S. The second kappa shape index (κ2) is 14.7. The van der Waals surface area contributed by atoms with Gasteiger partial charge in [0.2, 0.25) is 5.91 Å². The zero-order chi connectivity index (χ0) is 26.6. The van der Waals surface area contributed by atoms with E-state index in [9.17, 15) is 4.79 Å². The van der Waals surface area contributed by atoms with Gasteiger partial charge in [-0.25, -0.2) is 4.98 Å². The van der Waals surface area contributed by atoms with E-state index in [1.807, 2.05) is 24.3 Å². The maximum absolute atomic E-state index is 12.6. The summed E-state index contributed by atoms with van der Waals surface area (Å²) in [6.45, 7) is 7.92. The van der Waals surface area contributed by atoms with Crippen LogP contribution < -0.4 is 14.8 Å². The highest BCUT2D eigenvalue weighted by molar-refractivity contribution is 7.99. The predicted octanol–water partition coefficient (Wildman–Crippen LogP) is 7.07. The minimum atomic E-state index is 0.107. The summed E-state index contributed by atoms with van der Waals surface area (Å²) < 4.78 is 13.1. The standard InChI is InChI=1S/C30H41N3O3S/c1-6-9-10-22(8-3)29(34)31-19-21-37-30-32-27(23-11-15-25(35-4)16-12-23)28(33(30)20-7-2)24-13-17-26(36-5)18-14-24/h11-18,22H,6-10,19-21H2,1-5H3,(H,31,34). The number of imidazole rings is 1. The van der Waals surface area contributed by atoms with Gasteiger partial charge in [-0.3, -0.25) is 4.79 Å². The fraction of sp³-hybridized carbons (Fsp3) is 0.467. The normalized spacial score (nSPS) is 11.8. The zero-order valence-electron chi connectivity index (χ0n) is 22.9. The molecule has 200 valence electrons. The van der Waals surface area contributed by atoms with Gasteiger partial charge in [0.1, 0.15) is 11.5 Å². The van der Waals surface area contributed by atoms with Gasteiger partial charge in [-0.1, -0.05) is 45.4 Å². The van der Waals surface area contributed by atoms with Crippen molar-refractivity contribution in [1.82, 2.24) is 14.9 Å². The summed E-state index contributed by atoms with van der Waals surface area (Å²) in [6.07, 6.45) is 5.05. The first-order valence-electron chi connectivity index (χ1n) is 13.4. The number of unbranched alkanes of at least 4 members (excludes halogenated alkanes) is 1. The average Bonchev–Trinajstić information content (AvgIpc) is 3.29. The number of hydrogen-bond acceptors (Lipinski definition) is 5. The lowest BCUT2D eigenvalue weighted by atomic mass is 9.98. The lowest BCUT2D eigenvalue weighted by Gasteiger charge is -2.15. The topological polar surface area (TPSA) is 65.4 Å². The van der Waals surface area contributed by atoms with E-state index in [0.717, 1.165) is 83.6 Å². The highest BCUT2D eigenvalue weighted by atomic mass is 32.2. The first-order chi connectivity index (χ1) is 18.1. The number of carbonyl (C=O) groups excluding carboxylic acids is 1. The molecule has 1 atom stereocenters. The molecule has 1 N–H and O–H groups in total. The van der Waals surface area contributed by atoms with Gasteiger partial charge in [-0.2, -0.15) is 0 Å². The second-order valence-corrected chi connectivity index (χ2v) is 10.1. The Labute approximate surface area is 226 Å². The van der Waals surface area contributed by atoms with Crippen LogP contribution in [0.15, 0.2) is 53.7 Å². The van der Waals surface area contributed by atoms with Crippen LogP contribution in [0.2, 0.25) is 0 Å². The van der Waals surface area contributed by atoms with E-state index in [2.05, 4.69) is 54.9 Å². The van der Waals surface area contributed by atoms with Crippen LogP contribution in [-0.2, 0) is 11.3 Å². The summed E-state index contributed by atoms with van der Waals surface area (Å²) in [6, 6.07) is 16.2. The van der Waals surface area contributed by atoms with Crippen molar-refractivity contribution >= 4 is 17.7 Å². The van der Waals surface area contributed by atoms with Crippen LogP contribution in [0.4, 0.5) is 0 Å². The number of rotatable bonds is 15. The third-order valence-corrected chi connectivity index (χ3v) is 7.49. The summed E-state index contributed by atoms with van der Waals surface area (Å²) in [4.78, 5) is 17.8. The molecule has 0 bridgehead atoms. The van der Waals surface area contributed by atoms with Crippen molar-refractivity contribution in [2.75, 3.05) is 26.5 Å². The maximum Gasteiger partial charge on any atom is 0.223 e. The van der Waals surface area contributed by atoms with Gasteiger partial charge in [0.05, 0.1) is 25.6 Å². The minimum absolute atomic E-state index is 0.107. The lowest BCUT2D eigenvalue weighted by molar-refractivity contribution is -0.125. The molecule has 0 aliphatic rings. The molecule has 1 unspecified atom stereocenters. The van der Waals surface area contributed by atoms with Crippen molar-refractivity contribution in [1.29, 1.82) is 0 Å². The molecule has 2 aromatic carbocycles. The molecular weight excluding hydrogens is 482 g/mol. The van der Waals surface area contributed by atoms with E-state index < -0.39 is 0 Å². The summed E-state index contributed by atoms with van der Waals surface area (Å²) in [5.74, 6) is 2.69. The first-order valence-corrected chi connectivity index (χ1v) is 14.3. The molecule has 0 saturated carbocycles. The minimum Gasteiger partial charge on any atom is -0.497 e. The number of thioether (sulfide) groups is 1. The molecule has 0 aliphatic heterocycles. The van der Waals surface area contributed by atoms with Crippen LogP contribution >= 0.6 is 11.8 Å². The molecule has 7 heteroatoms. The van der Waals surface area contributed by atoms with Crippen molar-refractivity contribution in [2.45, 2.75) is 64.6 Å². The predicted molar refractivity (Wildman–Crippen MR) is 154 cm³/mol. The molecule has 1 heterocycles. The van der Waals surface area contributed by atoms with Gasteiger partial charge < -0.3 is 19.4 Å². The van der Waals surface area contributed by atoms with E-state index >= 15 is 0 Å². The Morgan fingerprint density at radius 1 is 0.946 bits per heavy atom. The van der Waals surface area contributed by atoms with Gasteiger partial charge in [0, 0.05) is 35.9 Å². The number of nitrogens with one attached hydrogen (secondary N) is 1. The van der Waals surface area contributed by atoms with E-state index in [-0.39, 0.29) is 11.8 Å². The number of amides is 1. The smallest absolute Gasteiger partial charge is 0.223 e. The van der Waals surface area contributed by atoms with Gasteiger partial charge in [-0.15, -0.1) is 0 Å². The Balaban J connectivity index is 1.87. The van der Waals surface area contributed by atoms with Crippen molar-refractivity contribution < 1.29 is 14.3 Å². The molecule has 0 saturated heterocycles. The van der Waals surface area contributed by atoms with E-state index in [4.69, 9.17) is 14.5 Å². The monoisotopic (exact) mass is 523 g/mol. The number of hydrogen-bond donors (Lipinski definition) is 1. The van der Waals surface area contributed by atoms with Gasteiger partial charge in [0.25, 0.3) is 0 Å². The molecule has 0 radical (unpaired) electrons. The van der Waals surface area contributed by atoms with Crippen LogP contribution in [0.5, 0.6) is 11.5 Å². The fourth-order valence-electron chi connectivity index (χ4n) is 4.40. The van der Waals surface area contributed by atoms with Crippen LogP contribution in [0.1, 0.15) is 52.9 Å². The number of methoxy groups -OCH3 is 2. The van der Waals surface area contributed by atoms with Crippen LogP contribution in [-0.4, -0.2) is 42.0 Å². The molecule has 3 rings (SSSR count). The molecule has 0 spiro atoms. The van der Waals surface area contributed by atoms with Crippen molar-refractivity contribution in [3.8, 4) is 34.0 Å². The summed E-state index contributed by atoms with van der Waals surface area (Å²) in [5.41, 5.74) is 4.16. The quantitative estimate of drug-likeness (QED) is 0.170. The number of benzene rings is 2. The van der Waals surface area contributed by atoms with Gasteiger partial charge in [0.15, 0.2) is 5.16 Å². The zero-order valence-corrected chi connectivity index (χ0v) is 23.7. The van der Waals surface area contributed by atoms with Crippen molar-refractivity contribution in [3.63, 3.8) is 0 Å². The van der Waals surface area contributed by atoms with Crippen LogP contribution in [0.25, 0.3) is 22.5 Å². The number of carbonyl (C=O) groups is 1. The van der Waals surface area contributed by atoms with Crippen molar-refractivity contribution in [2.24, 2.45) is 5.92 Å². The second-order valence-electron chi connectivity index (χ2n) is 9.09. The fourth-order valence-corrected chi connectivity index (χ4v) is 5.28. The number of nitrogens with zero attached hydrogens (tertiary/aromatic N) is 2. The highest BCUT2D eigenvalue weighted by Gasteiger charge is 2.21. The Bertz CT molecular complexity index is 1110. The molecule has 1 amide bonds. The third-order valence-electron chi connectivity index (χ3n) is 6.51. The van der Waals surface area contributed by atoms with Crippen molar-refractivity contribution in [3.05, 3.63) is 48.5 Å². The Morgan fingerprint density at radius 2 is 1.57 bits per heavy atom. The summed E-state index contributed by atoms with van der Waals surface area (Å²) in [5, 5.41) is 4.11. The van der Waals surface area contributed by atoms with Crippen LogP contribution in [0, 0.1) is 5.92 Å². The van der Waals surface area contributed by atoms with Gasteiger partial charge >= 0.3 is 0 Å². The van der Waals surface area contributed by atoms with E-state index in [0.29, 0.717) is 6.54 Å². The largest absolute Gasteiger partial charge is 0.497 e. The molecule has 6 nitrogen and oxygen atoms in total. The Kier molecular flexibility index (Phi) is 11.4. The molecule has 37 heavy (non-hydrogen) atoms. The van der Waals surface area contributed by atoms with E-state index in [1.165, 1.54) is 0 Å². The number of ether oxygens (including phenoxy) is 2. The summed E-state index contributed by atoms with van der Waals surface area (Å²) in [7, 11) is 3.35. The third kappa shape index (κ3) is 7.54. The summed E-state index contributed by atoms with van der Waals surface area (Å²) >= 11 is 1.69. The number of aromatic nitrogens is 2. The molecule has 0 fully saturated rings. The maximum atomic E-state index is 12.6. The van der Waals surface area contributed by atoms with E-state index in [1.54, 1.807) is 26.0 Å². The Hall–Kier alpha value is -2.93. The SMILES string of the molecule is CCCCC(CC)C(=O)NCCSc1nc(-c2ccc(OC)cc2)c(-c2ccc(OC)cc2)n1CCC. The molecule has 3 aromatic rings. The first kappa shape index (κ1) is 28.6. The van der Waals surface area contributed by atoms with Gasteiger partial charge in [-0.05, 0) is 67.8 Å². The Morgan fingerprint density at radius 3 is 2.11 bits per heavy atom. The molecule has 0 aliphatic carbocycles.